The standard InChI is InChI=1S/C10H12ClN3O3/c1-17-10(16)6-2-3-14(4-6)8-7(11)9(15)13-5-12-8/h5-6H,2-4H2,1H3,(H,12,13,15). The van der Waals surface area contributed by atoms with Crippen LogP contribution in [-0.2, 0) is 9.53 Å². The maximum Gasteiger partial charge on any atom is 0.310 e. The number of aromatic amines is 1. The molecule has 1 aliphatic heterocycles. The third-order valence-corrected chi connectivity index (χ3v) is 3.14. The van der Waals surface area contributed by atoms with Crippen molar-refractivity contribution in [2.24, 2.45) is 5.92 Å². The van der Waals surface area contributed by atoms with E-state index in [-0.39, 0.29) is 22.5 Å². The van der Waals surface area contributed by atoms with Crippen molar-refractivity contribution in [2.45, 2.75) is 6.42 Å². The van der Waals surface area contributed by atoms with E-state index in [2.05, 4.69) is 14.7 Å². The molecule has 1 unspecified atom stereocenters. The van der Waals surface area contributed by atoms with Gasteiger partial charge < -0.3 is 14.6 Å². The van der Waals surface area contributed by atoms with Gasteiger partial charge in [-0.2, -0.15) is 0 Å². The third-order valence-electron chi connectivity index (χ3n) is 2.80. The molecule has 1 fully saturated rings. The minimum Gasteiger partial charge on any atom is -0.469 e. The number of carbonyl (C=O) groups excluding carboxylic acids is 1. The number of halogens is 1. The number of nitrogens with zero attached hydrogens (tertiary/aromatic N) is 2. The molecule has 0 aliphatic carbocycles. The van der Waals surface area contributed by atoms with Crippen LogP contribution in [0.15, 0.2) is 11.1 Å². The topological polar surface area (TPSA) is 75.3 Å². The molecule has 0 radical (unpaired) electrons. The molecule has 6 nitrogen and oxygen atoms in total. The summed E-state index contributed by atoms with van der Waals surface area (Å²) in [7, 11) is 1.36. The zero-order valence-corrected chi connectivity index (χ0v) is 10.0. The Labute approximate surface area is 103 Å². The fraction of sp³-hybridized carbons (Fsp3) is 0.500. The number of ether oxygens (including phenoxy) is 1. The first-order chi connectivity index (χ1) is 8.13. The average molecular weight is 258 g/mol. The summed E-state index contributed by atoms with van der Waals surface area (Å²) < 4.78 is 4.69. The van der Waals surface area contributed by atoms with Crippen LogP contribution in [0.1, 0.15) is 6.42 Å². The summed E-state index contributed by atoms with van der Waals surface area (Å²) in [4.78, 5) is 30.9. The highest BCUT2D eigenvalue weighted by atomic mass is 35.5. The van der Waals surface area contributed by atoms with Crippen LogP contribution >= 0.6 is 11.6 Å². The Morgan fingerprint density at radius 1 is 1.71 bits per heavy atom. The van der Waals surface area contributed by atoms with Gasteiger partial charge in [-0.3, -0.25) is 9.59 Å². The summed E-state index contributed by atoms with van der Waals surface area (Å²) in [6, 6.07) is 0. The summed E-state index contributed by atoms with van der Waals surface area (Å²) in [5.74, 6) is -0.00700. The van der Waals surface area contributed by atoms with Crippen LogP contribution in [0.3, 0.4) is 0 Å². The molecule has 0 spiro atoms. The van der Waals surface area contributed by atoms with Crippen molar-refractivity contribution in [2.75, 3.05) is 25.1 Å². The summed E-state index contributed by atoms with van der Waals surface area (Å²) in [6.07, 6.45) is 1.98. The number of nitrogens with one attached hydrogen (secondary N) is 1. The zero-order valence-electron chi connectivity index (χ0n) is 9.27. The van der Waals surface area contributed by atoms with Crippen LogP contribution in [0.4, 0.5) is 5.82 Å². The first-order valence-electron chi connectivity index (χ1n) is 5.19. The number of aromatic nitrogens is 2. The van der Waals surface area contributed by atoms with Gasteiger partial charge >= 0.3 is 5.97 Å². The van der Waals surface area contributed by atoms with Gasteiger partial charge in [-0.1, -0.05) is 11.6 Å². The van der Waals surface area contributed by atoms with E-state index in [0.29, 0.717) is 25.3 Å². The molecule has 1 N–H and O–H groups in total. The lowest BCUT2D eigenvalue weighted by Crippen LogP contribution is -2.26. The molecule has 0 bridgehead atoms. The lowest BCUT2D eigenvalue weighted by atomic mass is 10.1. The number of anilines is 1. The highest BCUT2D eigenvalue weighted by Gasteiger charge is 2.31. The first kappa shape index (κ1) is 11.9. The van der Waals surface area contributed by atoms with Gasteiger partial charge in [0, 0.05) is 13.1 Å². The number of H-pyrrole nitrogens is 1. The Hall–Kier alpha value is -1.56. The van der Waals surface area contributed by atoms with Crippen LogP contribution in [0.25, 0.3) is 0 Å². The minimum absolute atomic E-state index is 0.0537. The van der Waals surface area contributed by atoms with E-state index >= 15 is 0 Å². The molecule has 1 aliphatic rings. The van der Waals surface area contributed by atoms with Gasteiger partial charge in [-0.25, -0.2) is 4.98 Å². The molecule has 7 heteroatoms. The SMILES string of the molecule is COC(=O)C1CCN(c2nc[nH]c(=O)c2Cl)C1. The molecule has 0 amide bonds. The lowest BCUT2D eigenvalue weighted by Gasteiger charge is -2.17. The molecule has 1 atom stereocenters. The Kier molecular flexibility index (Phi) is 3.33. The number of esters is 1. The lowest BCUT2D eigenvalue weighted by molar-refractivity contribution is -0.144. The first-order valence-corrected chi connectivity index (χ1v) is 5.57. The van der Waals surface area contributed by atoms with E-state index in [0.717, 1.165) is 0 Å². The molecular weight excluding hydrogens is 246 g/mol. The molecule has 1 aromatic rings. The number of hydrogen-bond acceptors (Lipinski definition) is 5. The molecular formula is C10H12ClN3O3. The maximum absolute atomic E-state index is 11.4. The van der Waals surface area contributed by atoms with Crippen molar-refractivity contribution >= 4 is 23.4 Å². The molecule has 0 aromatic carbocycles. The second kappa shape index (κ2) is 4.75. The second-order valence-electron chi connectivity index (χ2n) is 3.82. The largest absolute Gasteiger partial charge is 0.469 e. The van der Waals surface area contributed by atoms with Crippen molar-refractivity contribution in [1.82, 2.24) is 9.97 Å². The van der Waals surface area contributed by atoms with Crippen molar-refractivity contribution in [3.63, 3.8) is 0 Å². The molecule has 1 saturated heterocycles. The summed E-state index contributed by atoms with van der Waals surface area (Å²) in [6.45, 7) is 1.11. The number of carbonyl (C=O) groups is 1. The molecule has 1 aromatic heterocycles. The van der Waals surface area contributed by atoms with Gasteiger partial charge in [0.05, 0.1) is 19.4 Å². The van der Waals surface area contributed by atoms with Crippen LogP contribution in [0, 0.1) is 5.92 Å². The van der Waals surface area contributed by atoms with E-state index in [1.54, 1.807) is 0 Å². The summed E-state index contributed by atoms with van der Waals surface area (Å²) >= 11 is 5.87. The molecule has 2 heterocycles. The van der Waals surface area contributed by atoms with E-state index in [1.807, 2.05) is 4.90 Å². The van der Waals surface area contributed by atoms with E-state index in [9.17, 15) is 9.59 Å². The van der Waals surface area contributed by atoms with Crippen molar-refractivity contribution in [3.05, 3.63) is 21.7 Å². The van der Waals surface area contributed by atoms with Gasteiger partial charge in [-0.15, -0.1) is 0 Å². The van der Waals surface area contributed by atoms with Gasteiger partial charge in [0.15, 0.2) is 5.82 Å². The van der Waals surface area contributed by atoms with Gasteiger partial charge in [0.25, 0.3) is 5.56 Å². The third kappa shape index (κ3) is 2.26. The molecule has 17 heavy (non-hydrogen) atoms. The second-order valence-corrected chi connectivity index (χ2v) is 4.20. The quantitative estimate of drug-likeness (QED) is 0.778. The monoisotopic (exact) mass is 257 g/mol. The number of rotatable bonds is 2. The van der Waals surface area contributed by atoms with Crippen LogP contribution in [0.2, 0.25) is 5.02 Å². The van der Waals surface area contributed by atoms with E-state index in [1.165, 1.54) is 13.4 Å². The predicted octanol–water partition coefficient (Wildman–Crippen LogP) is 0.423. The van der Waals surface area contributed by atoms with Crippen molar-refractivity contribution in [1.29, 1.82) is 0 Å². The number of hydrogen-bond donors (Lipinski definition) is 1. The Morgan fingerprint density at radius 2 is 2.47 bits per heavy atom. The fourth-order valence-corrected chi connectivity index (χ4v) is 2.13. The van der Waals surface area contributed by atoms with Crippen molar-refractivity contribution in [3.8, 4) is 0 Å². The Bertz CT molecular complexity index is 488. The van der Waals surface area contributed by atoms with E-state index < -0.39 is 0 Å². The highest BCUT2D eigenvalue weighted by molar-refractivity contribution is 6.32. The Balaban J connectivity index is 2.18. The normalized spacial score (nSPS) is 19.4. The highest BCUT2D eigenvalue weighted by Crippen LogP contribution is 2.26. The maximum atomic E-state index is 11.4. The number of methoxy groups -OCH3 is 1. The average Bonchev–Trinajstić information content (AvgIpc) is 2.81. The summed E-state index contributed by atoms with van der Waals surface area (Å²) in [5, 5.41) is 0.0537. The molecule has 2 rings (SSSR count). The van der Waals surface area contributed by atoms with Gasteiger partial charge in [-0.05, 0) is 6.42 Å². The zero-order chi connectivity index (χ0) is 12.4. The van der Waals surface area contributed by atoms with Crippen LogP contribution in [-0.4, -0.2) is 36.1 Å². The van der Waals surface area contributed by atoms with Gasteiger partial charge in [0.2, 0.25) is 0 Å². The minimum atomic E-state index is -0.377. The fourth-order valence-electron chi connectivity index (χ4n) is 1.91. The van der Waals surface area contributed by atoms with E-state index in [4.69, 9.17) is 11.6 Å². The van der Waals surface area contributed by atoms with Crippen LogP contribution < -0.4 is 10.5 Å². The molecule has 0 saturated carbocycles. The molecule has 92 valence electrons. The predicted molar refractivity (Wildman–Crippen MR) is 62.2 cm³/mol. The smallest absolute Gasteiger partial charge is 0.310 e. The van der Waals surface area contributed by atoms with Crippen molar-refractivity contribution < 1.29 is 9.53 Å². The Morgan fingerprint density at radius 3 is 3.18 bits per heavy atom. The van der Waals surface area contributed by atoms with Gasteiger partial charge in [0.1, 0.15) is 5.02 Å². The van der Waals surface area contributed by atoms with Crippen LogP contribution in [0.5, 0.6) is 0 Å². The summed E-state index contributed by atoms with van der Waals surface area (Å²) in [5.41, 5.74) is -0.377.